The van der Waals surface area contributed by atoms with E-state index in [1.807, 2.05) is 0 Å². The molecule has 1 heterocycles. The first-order valence-electron chi connectivity index (χ1n) is 11.5. The van der Waals surface area contributed by atoms with Crippen molar-refractivity contribution >= 4 is 17.7 Å². The second-order valence-corrected chi connectivity index (χ2v) is 11.2. The van der Waals surface area contributed by atoms with Gasteiger partial charge in [-0.15, -0.1) is 5.10 Å². The molecule has 2 aliphatic carbocycles. The molecule has 3 atom stereocenters. The Morgan fingerprint density at radius 2 is 2.13 bits per heavy atom. The summed E-state index contributed by atoms with van der Waals surface area (Å²) in [5.74, 6) is 1.55. The van der Waals surface area contributed by atoms with Crippen molar-refractivity contribution in [2.75, 3.05) is 12.3 Å². The van der Waals surface area contributed by atoms with Gasteiger partial charge in [0.15, 0.2) is 0 Å². The number of nitrogens with one attached hydrogen (secondary N) is 1. The first-order chi connectivity index (χ1) is 14.7. The zero-order valence-electron chi connectivity index (χ0n) is 19.4. The van der Waals surface area contributed by atoms with Gasteiger partial charge in [-0.2, -0.15) is 0 Å². The number of carbonyl (C=O) groups is 1. The Morgan fingerprint density at radius 3 is 2.84 bits per heavy atom. The van der Waals surface area contributed by atoms with Crippen molar-refractivity contribution in [3.8, 4) is 0 Å². The molecule has 1 aromatic carbocycles. The van der Waals surface area contributed by atoms with Crippen LogP contribution in [0.15, 0.2) is 23.4 Å². The third-order valence-electron chi connectivity index (χ3n) is 7.77. The number of hydrogen-bond donors (Lipinski definition) is 1. The molecule has 0 saturated heterocycles. The standard InChI is InChI=1S/C24H35N5OS/c1-16(2)17-7-9-19-18(13-17)8-10-20-23(3,11-6-12-24(19,20)4)15-25-21(30)14-31-22-26-27-28-29(22)5/h7,9,13,16,20H,6,8,10-12,14-15H2,1-5H3,(H,25,30). The summed E-state index contributed by atoms with van der Waals surface area (Å²) in [6.45, 7) is 10.1. The molecule has 7 heteroatoms. The van der Waals surface area contributed by atoms with Gasteiger partial charge in [-0.3, -0.25) is 4.79 Å². The van der Waals surface area contributed by atoms with Gasteiger partial charge in [0.25, 0.3) is 0 Å². The van der Waals surface area contributed by atoms with Crippen LogP contribution < -0.4 is 5.32 Å². The lowest BCUT2D eigenvalue weighted by Gasteiger charge is -2.55. The van der Waals surface area contributed by atoms with Gasteiger partial charge in [-0.25, -0.2) is 4.68 Å². The van der Waals surface area contributed by atoms with Gasteiger partial charge in [-0.1, -0.05) is 64.1 Å². The molecule has 31 heavy (non-hydrogen) atoms. The Morgan fingerprint density at radius 1 is 1.32 bits per heavy atom. The van der Waals surface area contributed by atoms with E-state index in [4.69, 9.17) is 0 Å². The van der Waals surface area contributed by atoms with Gasteiger partial charge in [-0.05, 0) is 75.5 Å². The topological polar surface area (TPSA) is 72.7 Å². The van der Waals surface area contributed by atoms with Crippen LogP contribution in [0.25, 0.3) is 0 Å². The number of amides is 1. The molecule has 2 aliphatic rings. The molecule has 0 bridgehead atoms. The molecular weight excluding hydrogens is 406 g/mol. The highest BCUT2D eigenvalue weighted by Gasteiger charge is 2.51. The smallest absolute Gasteiger partial charge is 0.230 e. The van der Waals surface area contributed by atoms with Crippen LogP contribution in [0.4, 0.5) is 0 Å². The third kappa shape index (κ3) is 4.26. The van der Waals surface area contributed by atoms with Gasteiger partial charge in [0.1, 0.15) is 0 Å². The Bertz CT molecular complexity index is 957. The summed E-state index contributed by atoms with van der Waals surface area (Å²) in [5.41, 5.74) is 4.86. The fourth-order valence-electron chi connectivity index (χ4n) is 6.04. The minimum absolute atomic E-state index is 0.0549. The lowest BCUT2D eigenvalue weighted by molar-refractivity contribution is -0.119. The molecule has 0 aliphatic heterocycles. The van der Waals surface area contributed by atoms with E-state index in [9.17, 15) is 4.79 Å². The average Bonchev–Trinajstić information content (AvgIpc) is 3.15. The number of rotatable bonds is 6. The quantitative estimate of drug-likeness (QED) is 0.679. The number of thioether (sulfide) groups is 1. The monoisotopic (exact) mass is 441 g/mol. The van der Waals surface area contributed by atoms with Crippen LogP contribution in [0, 0.1) is 11.3 Å². The Kier molecular flexibility index (Phi) is 6.16. The van der Waals surface area contributed by atoms with Crippen LogP contribution in [0.1, 0.15) is 76.0 Å². The van der Waals surface area contributed by atoms with Gasteiger partial charge in [0, 0.05) is 13.6 Å². The van der Waals surface area contributed by atoms with Gasteiger partial charge in [0.2, 0.25) is 11.1 Å². The van der Waals surface area contributed by atoms with E-state index in [1.165, 1.54) is 43.0 Å². The largest absolute Gasteiger partial charge is 0.355 e. The summed E-state index contributed by atoms with van der Waals surface area (Å²) < 4.78 is 1.59. The maximum atomic E-state index is 12.6. The summed E-state index contributed by atoms with van der Waals surface area (Å²) in [4.78, 5) is 12.6. The Labute approximate surface area is 189 Å². The molecule has 2 aromatic rings. The first-order valence-corrected chi connectivity index (χ1v) is 12.5. The number of aromatic nitrogens is 4. The number of fused-ring (bicyclic) bond motifs is 3. The summed E-state index contributed by atoms with van der Waals surface area (Å²) in [7, 11) is 1.79. The van der Waals surface area contributed by atoms with Crippen molar-refractivity contribution in [1.82, 2.24) is 25.5 Å². The molecule has 1 fully saturated rings. The predicted molar refractivity (Wildman–Crippen MR) is 124 cm³/mol. The number of tetrazole rings is 1. The second kappa shape index (κ2) is 8.57. The van der Waals surface area contributed by atoms with E-state index in [-0.39, 0.29) is 16.7 Å². The molecule has 6 nitrogen and oxygen atoms in total. The average molecular weight is 442 g/mol. The molecule has 168 valence electrons. The number of aryl methyl sites for hydroxylation is 2. The Balaban J connectivity index is 1.45. The zero-order valence-corrected chi connectivity index (χ0v) is 20.3. The second-order valence-electron chi connectivity index (χ2n) is 10.2. The highest BCUT2D eigenvalue weighted by Crippen LogP contribution is 2.57. The van der Waals surface area contributed by atoms with Crippen molar-refractivity contribution in [3.63, 3.8) is 0 Å². The zero-order chi connectivity index (χ0) is 22.2. The SMILES string of the molecule is CC(C)c1ccc2c(c1)CCC1C(C)(CNC(=O)CSc3nnnn3C)CCCC21C. The minimum atomic E-state index is 0.0549. The van der Waals surface area contributed by atoms with Gasteiger partial charge < -0.3 is 5.32 Å². The van der Waals surface area contributed by atoms with Crippen LogP contribution in [0.5, 0.6) is 0 Å². The van der Waals surface area contributed by atoms with Crippen molar-refractivity contribution in [3.05, 3.63) is 34.9 Å². The van der Waals surface area contributed by atoms with Crippen molar-refractivity contribution in [1.29, 1.82) is 0 Å². The molecule has 3 unspecified atom stereocenters. The third-order valence-corrected chi connectivity index (χ3v) is 8.78. The molecular formula is C24H35N5OS. The summed E-state index contributed by atoms with van der Waals surface area (Å²) in [6, 6.07) is 7.20. The Hall–Kier alpha value is -1.89. The van der Waals surface area contributed by atoms with Crippen LogP contribution >= 0.6 is 11.8 Å². The summed E-state index contributed by atoms with van der Waals surface area (Å²) in [6.07, 6.45) is 5.98. The van der Waals surface area contributed by atoms with Crippen LogP contribution in [-0.4, -0.2) is 38.4 Å². The van der Waals surface area contributed by atoms with E-state index in [0.717, 1.165) is 13.0 Å². The highest BCUT2D eigenvalue weighted by molar-refractivity contribution is 7.99. The van der Waals surface area contributed by atoms with E-state index < -0.39 is 0 Å². The van der Waals surface area contributed by atoms with E-state index >= 15 is 0 Å². The predicted octanol–water partition coefficient (Wildman–Crippen LogP) is 4.25. The van der Waals surface area contributed by atoms with Crippen molar-refractivity contribution in [2.45, 2.75) is 76.3 Å². The number of hydrogen-bond acceptors (Lipinski definition) is 5. The maximum Gasteiger partial charge on any atom is 0.230 e. The molecule has 4 rings (SSSR count). The van der Waals surface area contributed by atoms with Crippen LogP contribution in [-0.2, 0) is 23.7 Å². The normalized spacial score (nSPS) is 27.6. The molecule has 1 saturated carbocycles. The molecule has 0 spiro atoms. The molecule has 0 radical (unpaired) electrons. The van der Waals surface area contributed by atoms with Crippen LogP contribution in [0.3, 0.4) is 0 Å². The number of benzene rings is 1. The lowest BCUT2D eigenvalue weighted by atomic mass is 9.49. The number of nitrogens with zero attached hydrogens (tertiary/aromatic N) is 4. The summed E-state index contributed by atoms with van der Waals surface area (Å²) >= 11 is 1.38. The van der Waals surface area contributed by atoms with Crippen molar-refractivity contribution < 1.29 is 4.79 Å². The highest BCUT2D eigenvalue weighted by atomic mass is 32.2. The fraction of sp³-hybridized carbons (Fsp3) is 0.667. The molecule has 1 amide bonds. The van der Waals surface area contributed by atoms with Crippen molar-refractivity contribution in [2.24, 2.45) is 18.4 Å². The van der Waals surface area contributed by atoms with Gasteiger partial charge in [0.05, 0.1) is 5.75 Å². The molecule has 1 N–H and O–H groups in total. The van der Waals surface area contributed by atoms with Crippen LogP contribution in [0.2, 0.25) is 0 Å². The lowest BCUT2D eigenvalue weighted by Crippen LogP contribution is -2.53. The minimum Gasteiger partial charge on any atom is -0.355 e. The van der Waals surface area contributed by atoms with Gasteiger partial charge >= 0.3 is 0 Å². The van der Waals surface area contributed by atoms with E-state index in [0.29, 0.717) is 22.7 Å². The van der Waals surface area contributed by atoms with E-state index in [2.05, 4.69) is 66.7 Å². The summed E-state index contributed by atoms with van der Waals surface area (Å²) in [5, 5.41) is 15.3. The molecule has 1 aromatic heterocycles. The van der Waals surface area contributed by atoms with E-state index in [1.54, 1.807) is 22.9 Å². The maximum absolute atomic E-state index is 12.6. The first kappa shape index (κ1) is 22.3. The number of carbonyl (C=O) groups excluding carboxylic acids is 1. The fourth-order valence-corrected chi connectivity index (χ4v) is 6.72.